The molecule has 0 unspecified atom stereocenters. The van der Waals surface area contributed by atoms with Gasteiger partial charge in [-0.2, -0.15) is 5.26 Å². The Morgan fingerprint density at radius 1 is 1.33 bits per heavy atom. The zero-order valence-corrected chi connectivity index (χ0v) is 12.6. The van der Waals surface area contributed by atoms with E-state index in [1.54, 1.807) is 25.3 Å². The molecule has 0 aliphatic heterocycles. The SMILES string of the molecule is COc1cccc2c1[nH]c(=S)n2-c1ccc(C#N)cc1Cl. The van der Waals surface area contributed by atoms with E-state index >= 15 is 0 Å². The third kappa shape index (κ3) is 2.19. The van der Waals surface area contributed by atoms with Gasteiger partial charge in [0.25, 0.3) is 0 Å². The molecule has 0 saturated carbocycles. The van der Waals surface area contributed by atoms with Gasteiger partial charge in [0.05, 0.1) is 35.0 Å². The monoisotopic (exact) mass is 315 g/mol. The number of nitriles is 1. The summed E-state index contributed by atoms with van der Waals surface area (Å²) in [6, 6.07) is 12.9. The molecule has 4 nitrogen and oxygen atoms in total. The van der Waals surface area contributed by atoms with Crippen molar-refractivity contribution < 1.29 is 4.74 Å². The summed E-state index contributed by atoms with van der Waals surface area (Å²) >= 11 is 11.7. The Kier molecular flexibility index (Phi) is 3.42. The number of hydrogen-bond acceptors (Lipinski definition) is 3. The number of aromatic nitrogens is 2. The molecule has 0 aliphatic carbocycles. The average Bonchev–Trinajstić information content (AvgIpc) is 2.83. The van der Waals surface area contributed by atoms with Gasteiger partial charge in [-0.05, 0) is 42.5 Å². The molecule has 1 heterocycles. The fourth-order valence-corrected chi connectivity index (χ4v) is 2.83. The Morgan fingerprint density at radius 3 is 2.81 bits per heavy atom. The molecule has 2 aromatic carbocycles. The molecular formula is C15H10ClN3OS. The second kappa shape index (κ2) is 5.24. The number of halogens is 1. The molecule has 0 saturated heterocycles. The van der Waals surface area contributed by atoms with Crippen molar-refractivity contribution in [2.24, 2.45) is 0 Å². The minimum Gasteiger partial charge on any atom is -0.494 e. The van der Waals surface area contributed by atoms with E-state index in [4.69, 9.17) is 33.8 Å². The smallest absolute Gasteiger partial charge is 0.182 e. The summed E-state index contributed by atoms with van der Waals surface area (Å²) in [5.74, 6) is 0.710. The molecule has 0 spiro atoms. The largest absolute Gasteiger partial charge is 0.494 e. The van der Waals surface area contributed by atoms with Gasteiger partial charge in [-0.1, -0.05) is 17.7 Å². The summed E-state index contributed by atoms with van der Waals surface area (Å²) in [4.78, 5) is 3.13. The van der Waals surface area contributed by atoms with Crippen LogP contribution in [-0.2, 0) is 0 Å². The van der Waals surface area contributed by atoms with Crippen LogP contribution >= 0.6 is 23.8 Å². The highest BCUT2D eigenvalue weighted by molar-refractivity contribution is 7.71. The van der Waals surface area contributed by atoms with Crippen LogP contribution in [0.2, 0.25) is 5.02 Å². The molecule has 0 amide bonds. The van der Waals surface area contributed by atoms with Gasteiger partial charge in [-0.3, -0.25) is 4.57 Å². The lowest BCUT2D eigenvalue weighted by molar-refractivity contribution is 0.419. The molecule has 1 aromatic heterocycles. The van der Waals surface area contributed by atoms with Crippen molar-refractivity contribution in [1.82, 2.24) is 9.55 Å². The number of H-pyrrole nitrogens is 1. The highest BCUT2D eigenvalue weighted by Crippen LogP contribution is 2.30. The lowest BCUT2D eigenvalue weighted by Crippen LogP contribution is -1.95. The van der Waals surface area contributed by atoms with E-state index in [0.717, 1.165) is 16.7 Å². The molecule has 0 radical (unpaired) electrons. The van der Waals surface area contributed by atoms with Gasteiger partial charge in [0, 0.05) is 0 Å². The summed E-state index contributed by atoms with van der Waals surface area (Å²) in [6.07, 6.45) is 0. The molecule has 3 aromatic rings. The normalized spacial score (nSPS) is 10.5. The lowest BCUT2D eigenvalue weighted by Gasteiger charge is -2.08. The Hall–Kier alpha value is -2.29. The van der Waals surface area contributed by atoms with Crippen LogP contribution in [0.4, 0.5) is 0 Å². The van der Waals surface area contributed by atoms with Crippen LogP contribution in [0.15, 0.2) is 36.4 Å². The first-order valence-electron chi connectivity index (χ1n) is 6.13. The molecule has 0 bridgehead atoms. The van der Waals surface area contributed by atoms with Crippen molar-refractivity contribution in [3.63, 3.8) is 0 Å². The number of fused-ring (bicyclic) bond motifs is 1. The summed E-state index contributed by atoms with van der Waals surface area (Å²) in [5, 5.41) is 9.39. The summed E-state index contributed by atoms with van der Waals surface area (Å²) in [6.45, 7) is 0. The number of aromatic amines is 1. The third-order valence-electron chi connectivity index (χ3n) is 3.22. The van der Waals surface area contributed by atoms with Crippen LogP contribution in [0.1, 0.15) is 5.56 Å². The maximum Gasteiger partial charge on any atom is 0.182 e. The van der Waals surface area contributed by atoms with E-state index in [1.807, 2.05) is 22.8 Å². The number of benzene rings is 2. The highest BCUT2D eigenvalue weighted by atomic mass is 35.5. The van der Waals surface area contributed by atoms with Gasteiger partial charge >= 0.3 is 0 Å². The molecular weight excluding hydrogens is 306 g/mol. The maximum absolute atomic E-state index is 8.92. The maximum atomic E-state index is 8.92. The summed E-state index contributed by atoms with van der Waals surface area (Å²) in [5.41, 5.74) is 2.91. The third-order valence-corrected chi connectivity index (χ3v) is 3.81. The van der Waals surface area contributed by atoms with E-state index in [2.05, 4.69) is 11.1 Å². The van der Waals surface area contributed by atoms with Crippen LogP contribution in [-0.4, -0.2) is 16.7 Å². The average molecular weight is 316 g/mol. The molecule has 21 heavy (non-hydrogen) atoms. The first-order valence-corrected chi connectivity index (χ1v) is 6.92. The van der Waals surface area contributed by atoms with E-state index in [1.165, 1.54) is 0 Å². The van der Waals surface area contributed by atoms with Crippen molar-refractivity contribution >= 4 is 34.9 Å². The van der Waals surface area contributed by atoms with Gasteiger partial charge in [0.1, 0.15) is 11.3 Å². The number of methoxy groups -OCH3 is 1. The van der Waals surface area contributed by atoms with Crippen LogP contribution < -0.4 is 4.74 Å². The molecule has 0 fully saturated rings. The topological polar surface area (TPSA) is 53.7 Å². The van der Waals surface area contributed by atoms with Crippen LogP contribution in [0.5, 0.6) is 5.75 Å². The Labute approximate surface area is 131 Å². The molecule has 104 valence electrons. The van der Waals surface area contributed by atoms with Crippen LogP contribution in [0.3, 0.4) is 0 Å². The lowest BCUT2D eigenvalue weighted by atomic mass is 10.2. The molecule has 0 aliphatic rings. The number of nitrogens with zero attached hydrogens (tertiary/aromatic N) is 2. The van der Waals surface area contributed by atoms with Crippen molar-refractivity contribution in [2.45, 2.75) is 0 Å². The number of hydrogen-bond donors (Lipinski definition) is 1. The van der Waals surface area contributed by atoms with Crippen molar-refractivity contribution in [3.8, 4) is 17.5 Å². The fraction of sp³-hybridized carbons (Fsp3) is 0.0667. The quantitative estimate of drug-likeness (QED) is 0.720. The van der Waals surface area contributed by atoms with Crippen LogP contribution in [0.25, 0.3) is 16.7 Å². The molecule has 6 heteroatoms. The van der Waals surface area contributed by atoms with E-state index in [-0.39, 0.29) is 0 Å². The van der Waals surface area contributed by atoms with E-state index < -0.39 is 0 Å². The Morgan fingerprint density at radius 2 is 2.14 bits per heavy atom. The predicted octanol–water partition coefficient (Wildman–Crippen LogP) is 4.22. The van der Waals surface area contributed by atoms with Gasteiger partial charge in [-0.25, -0.2) is 0 Å². The molecule has 1 N–H and O–H groups in total. The zero-order valence-electron chi connectivity index (χ0n) is 11.1. The van der Waals surface area contributed by atoms with E-state index in [0.29, 0.717) is 21.1 Å². The standard InChI is InChI=1S/C15H10ClN3OS/c1-20-13-4-2-3-12-14(13)18-15(21)19(12)11-6-5-9(8-17)7-10(11)16/h2-7H,1H3,(H,18,21). The minimum atomic E-state index is 0.467. The highest BCUT2D eigenvalue weighted by Gasteiger charge is 2.12. The summed E-state index contributed by atoms with van der Waals surface area (Å²) in [7, 11) is 1.61. The van der Waals surface area contributed by atoms with Gasteiger partial charge < -0.3 is 9.72 Å². The minimum absolute atomic E-state index is 0.467. The Bertz CT molecular complexity index is 936. The van der Waals surface area contributed by atoms with Crippen LogP contribution in [0, 0.1) is 16.1 Å². The van der Waals surface area contributed by atoms with Crippen molar-refractivity contribution in [2.75, 3.05) is 7.11 Å². The van der Waals surface area contributed by atoms with Gasteiger partial charge in [-0.15, -0.1) is 0 Å². The predicted molar refractivity (Wildman–Crippen MR) is 84.7 cm³/mol. The molecule has 3 rings (SSSR count). The number of imidazole rings is 1. The summed E-state index contributed by atoms with van der Waals surface area (Å²) < 4.78 is 7.68. The second-order valence-electron chi connectivity index (χ2n) is 4.40. The van der Waals surface area contributed by atoms with Gasteiger partial charge in [0.15, 0.2) is 4.77 Å². The van der Waals surface area contributed by atoms with E-state index in [9.17, 15) is 0 Å². The fourth-order valence-electron chi connectivity index (χ4n) is 2.27. The first-order chi connectivity index (χ1) is 10.2. The van der Waals surface area contributed by atoms with Crippen molar-refractivity contribution in [3.05, 3.63) is 51.8 Å². The molecule has 0 atom stereocenters. The number of para-hydroxylation sites is 1. The van der Waals surface area contributed by atoms with Crippen molar-refractivity contribution in [1.29, 1.82) is 5.26 Å². The van der Waals surface area contributed by atoms with Gasteiger partial charge in [0.2, 0.25) is 0 Å². The Balaban J connectivity index is 2.34. The number of rotatable bonds is 2. The second-order valence-corrected chi connectivity index (χ2v) is 5.19. The zero-order chi connectivity index (χ0) is 15.0. The number of ether oxygens (including phenoxy) is 1. The first kappa shape index (κ1) is 13.7. The number of nitrogens with one attached hydrogen (secondary N) is 1.